The van der Waals surface area contributed by atoms with Gasteiger partial charge < -0.3 is 16.6 Å². The van der Waals surface area contributed by atoms with E-state index in [1.54, 1.807) is 6.07 Å². The summed E-state index contributed by atoms with van der Waals surface area (Å²) in [6.07, 6.45) is 0.634. The second-order valence-corrected chi connectivity index (χ2v) is 3.38. The van der Waals surface area contributed by atoms with E-state index in [9.17, 15) is 4.79 Å². The molecule has 0 saturated heterocycles. The monoisotopic (exact) mass is 236 g/mol. The number of fused-ring (bicyclic) bond motifs is 1. The van der Waals surface area contributed by atoms with Crippen molar-refractivity contribution in [1.29, 1.82) is 0 Å². The van der Waals surface area contributed by atoms with E-state index >= 15 is 0 Å². The fourth-order valence-corrected chi connectivity index (χ4v) is 1.51. The average molecular weight is 236 g/mol. The minimum atomic E-state index is -0.260. The maximum Gasteiger partial charge on any atom is 0.261 e. The van der Waals surface area contributed by atoms with Crippen molar-refractivity contribution in [2.24, 2.45) is 16.3 Å². The molecule has 0 aliphatic carbocycles. The zero-order valence-corrected chi connectivity index (χ0v) is 8.90. The molecule has 0 aliphatic rings. The highest BCUT2D eigenvalue weighted by Crippen LogP contribution is 2.09. The maximum absolute atomic E-state index is 11.5. The van der Waals surface area contributed by atoms with Gasteiger partial charge >= 0.3 is 0 Å². The minimum Gasteiger partial charge on any atom is -0.369 e. The highest BCUT2D eigenvalue weighted by Gasteiger charge is 2.06. The van der Waals surface area contributed by atoms with Gasteiger partial charge in [-0.15, -0.1) is 0 Å². The van der Waals surface area contributed by atoms with Crippen LogP contribution in [0.4, 0.5) is 5.95 Å². The third kappa shape index (κ3) is 2.33. The molecule has 2 heterocycles. The van der Waals surface area contributed by atoms with Gasteiger partial charge in [0.2, 0.25) is 5.95 Å². The predicted octanol–water partition coefficient (Wildman–Crippen LogP) is -0.794. The molecule has 2 rings (SSSR count). The molecule has 0 aliphatic heterocycles. The van der Waals surface area contributed by atoms with Gasteiger partial charge in [-0.2, -0.15) is 4.98 Å². The van der Waals surface area contributed by atoms with Crippen LogP contribution in [-0.2, 0) is 6.42 Å². The van der Waals surface area contributed by atoms with Crippen LogP contribution in [0.15, 0.2) is 21.3 Å². The number of anilines is 1. The summed E-state index contributed by atoms with van der Waals surface area (Å²) in [6, 6.07) is 1.72. The van der Waals surface area contributed by atoms with Crippen LogP contribution in [-0.4, -0.2) is 21.5 Å². The predicted molar refractivity (Wildman–Crippen MR) is 61.9 cm³/mol. The Hall–Kier alpha value is -2.58. The zero-order chi connectivity index (χ0) is 12.3. The van der Waals surface area contributed by atoms with E-state index in [-0.39, 0.29) is 11.5 Å². The quantitative estimate of drug-likeness (QED) is 0.204. The highest BCUT2D eigenvalue weighted by atomic mass is 16.1. The van der Waals surface area contributed by atoms with Crippen molar-refractivity contribution in [2.45, 2.75) is 6.42 Å². The van der Waals surface area contributed by atoms with Crippen LogP contribution < -0.4 is 22.6 Å². The van der Waals surface area contributed by atoms with Crippen LogP contribution in [0.5, 0.6) is 0 Å². The lowest BCUT2D eigenvalue weighted by Gasteiger charge is -1.95. The summed E-state index contributed by atoms with van der Waals surface area (Å²) in [4.78, 5) is 20.9. The molecule has 0 spiro atoms. The number of nitrogens with zero attached hydrogens (tertiary/aromatic N) is 3. The summed E-state index contributed by atoms with van der Waals surface area (Å²) in [5.41, 5.74) is 9.13. The Balaban J connectivity index is 2.20. The SMILES string of the molecule is NN=NNCCc1cc2c(=O)[nH]c(N)nc2[nH]1. The van der Waals surface area contributed by atoms with Crippen molar-refractivity contribution >= 4 is 17.0 Å². The Morgan fingerprint density at radius 1 is 1.47 bits per heavy atom. The number of H-pyrrole nitrogens is 2. The molecule has 0 radical (unpaired) electrons. The molecule has 9 heteroatoms. The van der Waals surface area contributed by atoms with Gasteiger partial charge in [0.05, 0.1) is 5.39 Å². The third-order valence-corrected chi connectivity index (χ3v) is 2.21. The largest absolute Gasteiger partial charge is 0.369 e. The maximum atomic E-state index is 11.5. The normalized spacial score (nSPS) is 11.3. The number of nitrogen functional groups attached to an aromatic ring is 1. The molecule has 9 nitrogen and oxygen atoms in total. The van der Waals surface area contributed by atoms with Gasteiger partial charge in [-0.25, -0.2) is 0 Å². The molecular weight excluding hydrogens is 224 g/mol. The summed E-state index contributed by atoms with van der Waals surface area (Å²) in [5.74, 6) is 4.91. The van der Waals surface area contributed by atoms with Crippen LogP contribution in [0.2, 0.25) is 0 Å². The minimum absolute atomic E-state index is 0.0888. The van der Waals surface area contributed by atoms with E-state index in [0.29, 0.717) is 24.0 Å². The van der Waals surface area contributed by atoms with Crippen LogP contribution in [0.1, 0.15) is 5.69 Å². The van der Waals surface area contributed by atoms with E-state index in [1.165, 1.54) is 0 Å². The lowest BCUT2D eigenvalue weighted by molar-refractivity contribution is 0.669. The van der Waals surface area contributed by atoms with Crippen LogP contribution in [0.25, 0.3) is 11.0 Å². The van der Waals surface area contributed by atoms with Crippen molar-refractivity contribution in [3.05, 3.63) is 22.1 Å². The number of aromatic nitrogens is 3. The number of hydrogen-bond donors (Lipinski definition) is 5. The van der Waals surface area contributed by atoms with Gasteiger partial charge in [0.1, 0.15) is 5.65 Å². The van der Waals surface area contributed by atoms with Crippen molar-refractivity contribution in [3.63, 3.8) is 0 Å². The number of rotatable bonds is 4. The van der Waals surface area contributed by atoms with E-state index < -0.39 is 0 Å². The Morgan fingerprint density at radius 2 is 2.29 bits per heavy atom. The van der Waals surface area contributed by atoms with Crippen LogP contribution >= 0.6 is 0 Å². The van der Waals surface area contributed by atoms with Gasteiger partial charge in [0.25, 0.3) is 5.56 Å². The Kier molecular flexibility index (Phi) is 2.90. The van der Waals surface area contributed by atoms with E-state index in [1.807, 2.05) is 0 Å². The summed E-state index contributed by atoms with van der Waals surface area (Å²) >= 11 is 0. The Morgan fingerprint density at radius 3 is 3.06 bits per heavy atom. The third-order valence-electron chi connectivity index (χ3n) is 2.21. The molecule has 2 aromatic rings. The second kappa shape index (κ2) is 4.51. The summed E-state index contributed by atoms with van der Waals surface area (Å²) in [6.45, 7) is 0.543. The van der Waals surface area contributed by atoms with Crippen LogP contribution in [0, 0.1) is 0 Å². The summed E-state index contributed by atoms with van der Waals surface area (Å²) < 4.78 is 0. The van der Waals surface area contributed by atoms with Crippen molar-refractivity contribution < 1.29 is 0 Å². The van der Waals surface area contributed by atoms with Gasteiger partial charge in [-0.05, 0) is 6.07 Å². The molecule has 0 fully saturated rings. The number of hydrogen-bond acceptors (Lipinski definition) is 5. The molecule has 0 amide bonds. The fraction of sp³-hybridized carbons (Fsp3) is 0.250. The zero-order valence-electron chi connectivity index (χ0n) is 8.90. The van der Waals surface area contributed by atoms with E-state index in [4.69, 9.17) is 11.6 Å². The fourth-order valence-electron chi connectivity index (χ4n) is 1.51. The first kappa shape index (κ1) is 10.9. The molecule has 2 aromatic heterocycles. The standard InChI is InChI=1S/C8H12N8O/c9-8-13-6-5(7(17)14-8)3-4(12-6)1-2-11-16-15-10/h3H,1-2H2,(H2,10,16)(H,11,15)(H4,9,12,13,14,17). The topological polar surface area (TPSA) is 150 Å². The molecule has 0 aromatic carbocycles. The molecule has 90 valence electrons. The molecule has 0 saturated carbocycles. The Bertz CT molecular complexity index is 597. The van der Waals surface area contributed by atoms with Crippen molar-refractivity contribution in [3.8, 4) is 0 Å². The average Bonchev–Trinajstić information content (AvgIpc) is 2.67. The molecule has 7 N–H and O–H groups in total. The number of aromatic amines is 2. The highest BCUT2D eigenvalue weighted by molar-refractivity contribution is 5.76. The van der Waals surface area contributed by atoms with Crippen molar-refractivity contribution in [2.75, 3.05) is 12.3 Å². The lowest BCUT2D eigenvalue weighted by Crippen LogP contribution is -2.10. The van der Waals surface area contributed by atoms with Gasteiger partial charge in [-0.1, -0.05) is 10.4 Å². The Labute approximate surface area is 95.3 Å². The van der Waals surface area contributed by atoms with Gasteiger partial charge in [0, 0.05) is 18.7 Å². The number of nitrogens with one attached hydrogen (secondary N) is 3. The first-order valence-corrected chi connectivity index (χ1v) is 4.91. The molecule has 0 unspecified atom stereocenters. The smallest absolute Gasteiger partial charge is 0.261 e. The molecule has 0 bridgehead atoms. The van der Waals surface area contributed by atoms with Gasteiger partial charge in [-0.3, -0.25) is 15.2 Å². The second-order valence-electron chi connectivity index (χ2n) is 3.38. The first-order valence-electron chi connectivity index (χ1n) is 4.91. The lowest BCUT2D eigenvalue weighted by atomic mass is 10.3. The summed E-state index contributed by atoms with van der Waals surface area (Å²) in [7, 11) is 0. The molecule has 17 heavy (non-hydrogen) atoms. The summed E-state index contributed by atoms with van der Waals surface area (Å²) in [5, 5.41) is 6.94. The number of nitrogens with two attached hydrogens (primary N) is 2. The van der Waals surface area contributed by atoms with E-state index in [0.717, 1.165) is 5.69 Å². The van der Waals surface area contributed by atoms with Crippen LogP contribution in [0.3, 0.4) is 0 Å². The van der Waals surface area contributed by atoms with Gasteiger partial charge in [0.15, 0.2) is 0 Å². The first-order chi connectivity index (χ1) is 8.20. The molecule has 0 atom stereocenters. The molecular formula is C8H12N8O. The van der Waals surface area contributed by atoms with Crippen molar-refractivity contribution in [1.82, 2.24) is 20.4 Å². The van der Waals surface area contributed by atoms with E-state index in [2.05, 4.69) is 30.8 Å².